The summed E-state index contributed by atoms with van der Waals surface area (Å²) in [5.74, 6) is 0. The summed E-state index contributed by atoms with van der Waals surface area (Å²) in [6.07, 6.45) is -4.27. The Kier molecular flexibility index (Phi) is 3.15. The molecule has 0 fully saturated rings. The Balaban J connectivity index is 3.22. The van der Waals surface area contributed by atoms with Crippen LogP contribution in [0, 0.1) is 0 Å². The van der Waals surface area contributed by atoms with Crippen LogP contribution in [0.1, 0.15) is 5.56 Å². The number of nitrogens with one attached hydrogen (secondary N) is 1. The second-order valence-electron chi connectivity index (χ2n) is 2.45. The van der Waals surface area contributed by atoms with E-state index in [4.69, 9.17) is 0 Å². The zero-order valence-electron chi connectivity index (χ0n) is 6.73. The first-order chi connectivity index (χ1) is 6.45. The summed E-state index contributed by atoms with van der Waals surface area (Å²) in [6, 6.07) is 3.51. The summed E-state index contributed by atoms with van der Waals surface area (Å²) >= 11 is 2.92. The molecule has 0 spiro atoms. The van der Waals surface area contributed by atoms with E-state index in [-0.39, 0.29) is 12.1 Å². The highest BCUT2D eigenvalue weighted by Crippen LogP contribution is 2.36. The Hall–Kier alpha value is -1.04. The van der Waals surface area contributed by atoms with Crippen LogP contribution in [-0.2, 0) is 11.0 Å². The van der Waals surface area contributed by atoms with Gasteiger partial charge in [-0.05, 0) is 18.2 Å². The highest BCUT2D eigenvalue weighted by molar-refractivity contribution is 9.10. The fourth-order valence-corrected chi connectivity index (χ4v) is 1.30. The summed E-state index contributed by atoms with van der Waals surface area (Å²) in [5, 5.41) is 1.99. The summed E-state index contributed by atoms with van der Waals surface area (Å²) in [5.41, 5.74) is -1.13. The number of carbonyl (C=O) groups is 1. The van der Waals surface area contributed by atoms with Crippen LogP contribution in [0.15, 0.2) is 22.7 Å². The van der Waals surface area contributed by atoms with Crippen LogP contribution in [0.3, 0.4) is 0 Å². The van der Waals surface area contributed by atoms with Gasteiger partial charge in [-0.3, -0.25) is 4.79 Å². The molecule has 0 bridgehead atoms. The normalized spacial score (nSPS) is 11.1. The van der Waals surface area contributed by atoms with Crippen molar-refractivity contribution in [2.24, 2.45) is 0 Å². The topological polar surface area (TPSA) is 29.1 Å². The van der Waals surface area contributed by atoms with E-state index in [1.54, 1.807) is 0 Å². The molecule has 0 atom stereocenters. The van der Waals surface area contributed by atoms with E-state index in [1.165, 1.54) is 12.1 Å². The quantitative estimate of drug-likeness (QED) is 0.820. The molecule has 6 heteroatoms. The minimum absolute atomic E-state index is 0.207. The third kappa shape index (κ3) is 2.47. The predicted molar refractivity (Wildman–Crippen MR) is 48.8 cm³/mol. The maximum absolute atomic E-state index is 12.4. The van der Waals surface area contributed by atoms with E-state index in [0.29, 0.717) is 4.47 Å². The smallest absolute Gasteiger partial charge is 0.328 e. The summed E-state index contributed by atoms with van der Waals surface area (Å²) in [7, 11) is 0. The van der Waals surface area contributed by atoms with Crippen LogP contribution in [-0.4, -0.2) is 6.41 Å². The molecule has 0 saturated carbocycles. The van der Waals surface area contributed by atoms with E-state index < -0.39 is 11.7 Å². The first-order valence-corrected chi connectivity index (χ1v) is 4.31. The third-order valence-corrected chi connectivity index (χ3v) is 1.99. The van der Waals surface area contributed by atoms with E-state index >= 15 is 0 Å². The molecule has 2 nitrogen and oxygen atoms in total. The summed E-state index contributed by atoms with van der Waals surface area (Å²) < 4.78 is 37.4. The summed E-state index contributed by atoms with van der Waals surface area (Å²) in [6.45, 7) is 0. The van der Waals surface area contributed by atoms with Crippen molar-refractivity contribution in [3.8, 4) is 0 Å². The number of alkyl halides is 3. The number of amides is 1. The Morgan fingerprint density at radius 3 is 2.50 bits per heavy atom. The second kappa shape index (κ2) is 4.00. The number of anilines is 1. The Labute approximate surface area is 86.2 Å². The van der Waals surface area contributed by atoms with Crippen LogP contribution in [0.5, 0.6) is 0 Å². The molecule has 0 aliphatic heterocycles. The van der Waals surface area contributed by atoms with Crippen molar-refractivity contribution in [1.29, 1.82) is 0 Å². The monoisotopic (exact) mass is 267 g/mol. The lowest BCUT2D eigenvalue weighted by atomic mass is 10.2. The van der Waals surface area contributed by atoms with Crippen LogP contribution in [0.4, 0.5) is 18.9 Å². The standard InChI is InChI=1S/C8H5BrF3NO/c9-5-1-2-7(13-4-14)6(3-5)8(10,11)12/h1-4H,(H,13,14). The van der Waals surface area contributed by atoms with Gasteiger partial charge in [0.25, 0.3) is 0 Å². The lowest BCUT2D eigenvalue weighted by molar-refractivity contribution is -0.137. The highest BCUT2D eigenvalue weighted by Gasteiger charge is 2.33. The van der Waals surface area contributed by atoms with Crippen LogP contribution in [0.2, 0.25) is 0 Å². The van der Waals surface area contributed by atoms with Crippen molar-refractivity contribution in [3.63, 3.8) is 0 Å². The Morgan fingerprint density at radius 1 is 1.36 bits per heavy atom. The van der Waals surface area contributed by atoms with Gasteiger partial charge in [0.15, 0.2) is 0 Å². The zero-order chi connectivity index (χ0) is 10.8. The molecule has 14 heavy (non-hydrogen) atoms. The van der Waals surface area contributed by atoms with Crippen molar-refractivity contribution in [1.82, 2.24) is 0 Å². The van der Waals surface area contributed by atoms with Crippen molar-refractivity contribution < 1.29 is 18.0 Å². The molecule has 1 aromatic carbocycles. The number of hydrogen-bond acceptors (Lipinski definition) is 1. The van der Waals surface area contributed by atoms with Crippen LogP contribution in [0.25, 0.3) is 0 Å². The van der Waals surface area contributed by atoms with Gasteiger partial charge in [0, 0.05) is 4.47 Å². The van der Waals surface area contributed by atoms with Crippen molar-refractivity contribution >= 4 is 28.0 Å². The maximum atomic E-state index is 12.4. The average Bonchev–Trinajstić information content (AvgIpc) is 2.07. The minimum atomic E-state index is -4.48. The molecule has 1 amide bonds. The van der Waals surface area contributed by atoms with E-state index in [1.807, 2.05) is 5.32 Å². The first kappa shape index (κ1) is 11.0. The van der Waals surface area contributed by atoms with E-state index in [9.17, 15) is 18.0 Å². The lowest BCUT2D eigenvalue weighted by Crippen LogP contribution is -2.09. The Morgan fingerprint density at radius 2 is 2.00 bits per heavy atom. The predicted octanol–water partition coefficient (Wildman–Crippen LogP) is 3.04. The molecule has 0 saturated heterocycles. The van der Waals surface area contributed by atoms with Gasteiger partial charge in [-0.15, -0.1) is 0 Å². The second-order valence-corrected chi connectivity index (χ2v) is 3.37. The fraction of sp³-hybridized carbons (Fsp3) is 0.125. The zero-order valence-corrected chi connectivity index (χ0v) is 8.32. The molecular weight excluding hydrogens is 263 g/mol. The molecule has 1 N–H and O–H groups in total. The van der Waals surface area contributed by atoms with Gasteiger partial charge < -0.3 is 5.32 Å². The molecule has 1 rings (SSSR count). The van der Waals surface area contributed by atoms with Gasteiger partial charge in [-0.1, -0.05) is 15.9 Å². The molecule has 0 heterocycles. The molecule has 0 radical (unpaired) electrons. The fourth-order valence-electron chi connectivity index (χ4n) is 0.940. The molecular formula is C8H5BrF3NO. The Bertz CT molecular complexity index is 351. The lowest BCUT2D eigenvalue weighted by Gasteiger charge is -2.11. The molecule has 1 aromatic rings. The van der Waals surface area contributed by atoms with Crippen LogP contribution >= 0.6 is 15.9 Å². The van der Waals surface area contributed by atoms with Gasteiger partial charge in [-0.2, -0.15) is 13.2 Å². The largest absolute Gasteiger partial charge is 0.418 e. The van der Waals surface area contributed by atoms with Gasteiger partial charge in [-0.25, -0.2) is 0 Å². The maximum Gasteiger partial charge on any atom is 0.418 e. The molecule has 0 unspecified atom stereocenters. The average molecular weight is 268 g/mol. The van der Waals surface area contributed by atoms with Crippen molar-refractivity contribution in [2.45, 2.75) is 6.18 Å². The highest BCUT2D eigenvalue weighted by atomic mass is 79.9. The minimum Gasteiger partial charge on any atom is -0.328 e. The summed E-state index contributed by atoms with van der Waals surface area (Å²) in [4.78, 5) is 10.0. The molecule has 0 aliphatic carbocycles. The van der Waals surface area contributed by atoms with E-state index in [2.05, 4.69) is 15.9 Å². The molecule has 0 aliphatic rings. The number of halogens is 4. The number of hydrogen-bond donors (Lipinski definition) is 1. The van der Waals surface area contributed by atoms with Gasteiger partial charge in [0.05, 0.1) is 11.3 Å². The van der Waals surface area contributed by atoms with Crippen molar-refractivity contribution in [3.05, 3.63) is 28.2 Å². The van der Waals surface area contributed by atoms with Gasteiger partial charge >= 0.3 is 6.18 Å². The molecule has 76 valence electrons. The van der Waals surface area contributed by atoms with Crippen molar-refractivity contribution in [2.75, 3.05) is 5.32 Å². The van der Waals surface area contributed by atoms with Gasteiger partial charge in [0.1, 0.15) is 0 Å². The first-order valence-electron chi connectivity index (χ1n) is 3.52. The molecule has 0 aromatic heterocycles. The SMILES string of the molecule is O=CNc1ccc(Br)cc1C(F)(F)F. The van der Waals surface area contributed by atoms with E-state index in [0.717, 1.165) is 6.07 Å². The number of benzene rings is 1. The number of rotatable bonds is 2. The number of carbonyl (C=O) groups excluding carboxylic acids is 1. The van der Waals surface area contributed by atoms with Gasteiger partial charge in [0.2, 0.25) is 6.41 Å². The van der Waals surface area contributed by atoms with Crippen LogP contribution < -0.4 is 5.32 Å². The third-order valence-electron chi connectivity index (χ3n) is 1.50.